The SMILES string of the molecule is CN(C)C(N)=NCCC[C@H](NC(=O)OC(C)(C)C)C(=O)O. The summed E-state index contributed by atoms with van der Waals surface area (Å²) in [7, 11) is 3.53. The third-order valence-electron chi connectivity index (χ3n) is 2.37. The second kappa shape index (κ2) is 8.33. The number of hydrogen-bond donors (Lipinski definition) is 3. The Kier molecular flexibility index (Phi) is 7.54. The molecule has 0 radical (unpaired) electrons. The number of nitrogens with one attached hydrogen (secondary N) is 1. The van der Waals surface area contributed by atoms with Crippen molar-refractivity contribution < 1.29 is 19.4 Å². The van der Waals surface area contributed by atoms with Crippen molar-refractivity contribution in [3.05, 3.63) is 0 Å². The summed E-state index contributed by atoms with van der Waals surface area (Å²) in [5.41, 5.74) is 4.94. The summed E-state index contributed by atoms with van der Waals surface area (Å²) in [6, 6.07) is -1.00. The maximum atomic E-state index is 11.6. The van der Waals surface area contributed by atoms with Crippen LogP contribution in [0.2, 0.25) is 0 Å². The van der Waals surface area contributed by atoms with Gasteiger partial charge in [-0.3, -0.25) is 4.99 Å². The van der Waals surface area contributed by atoms with E-state index in [0.29, 0.717) is 18.9 Å². The lowest BCUT2D eigenvalue weighted by atomic mass is 10.1. The quantitative estimate of drug-likeness (QED) is 0.376. The molecule has 0 aromatic heterocycles. The predicted molar refractivity (Wildman–Crippen MR) is 80.2 cm³/mol. The van der Waals surface area contributed by atoms with Crippen molar-refractivity contribution in [2.24, 2.45) is 10.7 Å². The van der Waals surface area contributed by atoms with E-state index in [9.17, 15) is 9.59 Å². The van der Waals surface area contributed by atoms with E-state index in [0.717, 1.165) is 0 Å². The first-order chi connectivity index (χ1) is 9.53. The number of guanidine groups is 1. The Morgan fingerprint density at radius 1 is 1.38 bits per heavy atom. The molecule has 0 fully saturated rings. The van der Waals surface area contributed by atoms with Gasteiger partial charge in [0.2, 0.25) is 0 Å². The van der Waals surface area contributed by atoms with Gasteiger partial charge in [-0.2, -0.15) is 0 Å². The van der Waals surface area contributed by atoms with Gasteiger partial charge < -0.3 is 25.8 Å². The molecule has 0 heterocycles. The average Bonchev–Trinajstić information content (AvgIpc) is 2.29. The number of carboxylic acids is 1. The van der Waals surface area contributed by atoms with Crippen LogP contribution in [0.25, 0.3) is 0 Å². The maximum absolute atomic E-state index is 11.6. The van der Waals surface area contributed by atoms with E-state index in [1.165, 1.54) is 0 Å². The third kappa shape index (κ3) is 9.53. The summed E-state index contributed by atoms with van der Waals surface area (Å²) in [5, 5.41) is 11.4. The van der Waals surface area contributed by atoms with Gasteiger partial charge in [0.15, 0.2) is 5.96 Å². The van der Waals surface area contributed by atoms with Crippen LogP contribution in [0, 0.1) is 0 Å². The van der Waals surface area contributed by atoms with Crippen molar-refractivity contribution in [3.63, 3.8) is 0 Å². The lowest BCUT2D eigenvalue weighted by molar-refractivity contribution is -0.139. The lowest BCUT2D eigenvalue weighted by Crippen LogP contribution is -2.43. The predicted octanol–water partition coefficient (Wildman–Crippen LogP) is 0.621. The molecule has 0 rings (SSSR count). The third-order valence-corrected chi connectivity index (χ3v) is 2.37. The van der Waals surface area contributed by atoms with Crippen LogP contribution in [0.3, 0.4) is 0 Å². The summed E-state index contributed by atoms with van der Waals surface area (Å²) in [6.45, 7) is 5.52. The molecule has 0 unspecified atom stereocenters. The fourth-order valence-electron chi connectivity index (χ4n) is 1.34. The molecule has 0 saturated carbocycles. The molecule has 0 aliphatic carbocycles. The highest BCUT2D eigenvalue weighted by atomic mass is 16.6. The number of carbonyl (C=O) groups excluding carboxylic acids is 1. The number of nitrogens with two attached hydrogens (primary N) is 1. The van der Waals surface area contributed by atoms with Crippen LogP contribution in [-0.2, 0) is 9.53 Å². The molecule has 0 spiro atoms. The van der Waals surface area contributed by atoms with Crippen LogP contribution in [0.4, 0.5) is 4.79 Å². The van der Waals surface area contributed by atoms with Crippen LogP contribution in [0.5, 0.6) is 0 Å². The van der Waals surface area contributed by atoms with E-state index in [4.69, 9.17) is 15.6 Å². The van der Waals surface area contributed by atoms with Gasteiger partial charge in [0, 0.05) is 20.6 Å². The van der Waals surface area contributed by atoms with Crippen molar-refractivity contribution >= 4 is 18.0 Å². The molecule has 1 atom stereocenters. The van der Waals surface area contributed by atoms with Crippen LogP contribution < -0.4 is 11.1 Å². The molecule has 0 bridgehead atoms. The first-order valence-electron chi connectivity index (χ1n) is 6.72. The van der Waals surface area contributed by atoms with Gasteiger partial charge in [-0.15, -0.1) is 0 Å². The average molecular weight is 302 g/mol. The minimum Gasteiger partial charge on any atom is -0.480 e. The highest BCUT2D eigenvalue weighted by molar-refractivity contribution is 5.80. The van der Waals surface area contributed by atoms with E-state index < -0.39 is 23.7 Å². The van der Waals surface area contributed by atoms with E-state index in [1.807, 2.05) is 0 Å². The Morgan fingerprint density at radius 2 is 1.95 bits per heavy atom. The summed E-state index contributed by atoms with van der Waals surface area (Å²) in [5.74, 6) is -0.729. The van der Waals surface area contributed by atoms with Crippen LogP contribution in [0.15, 0.2) is 4.99 Å². The maximum Gasteiger partial charge on any atom is 0.408 e. The monoisotopic (exact) mass is 302 g/mol. The number of aliphatic carboxylic acids is 1. The molecular weight excluding hydrogens is 276 g/mol. The largest absolute Gasteiger partial charge is 0.480 e. The number of rotatable bonds is 6. The number of amides is 1. The summed E-state index contributed by atoms with van der Waals surface area (Å²) in [6.07, 6.45) is -0.00805. The Bertz CT molecular complexity index is 388. The summed E-state index contributed by atoms with van der Waals surface area (Å²) < 4.78 is 5.03. The van der Waals surface area contributed by atoms with Crippen molar-refractivity contribution in [1.82, 2.24) is 10.2 Å². The number of ether oxygens (including phenoxy) is 1. The highest BCUT2D eigenvalue weighted by Crippen LogP contribution is 2.07. The molecule has 0 aliphatic heterocycles. The van der Waals surface area contributed by atoms with Gasteiger partial charge in [0.1, 0.15) is 11.6 Å². The standard InChI is InChI=1S/C13H26N4O4/c1-13(2,3)21-12(20)16-9(10(18)19)7-6-8-15-11(14)17(4)5/h9H,6-8H2,1-5H3,(H2,14,15)(H,16,20)(H,18,19)/t9-/m0/s1. The van der Waals surface area contributed by atoms with Gasteiger partial charge in [0.05, 0.1) is 0 Å². The fraction of sp³-hybridized carbons (Fsp3) is 0.769. The van der Waals surface area contributed by atoms with Crippen LogP contribution >= 0.6 is 0 Å². The van der Waals surface area contributed by atoms with E-state index >= 15 is 0 Å². The second-order valence-electron chi connectivity index (χ2n) is 5.81. The Labute approximate surface area is 125 Å². The Balaban J connectivity index is 4.30. The molecule has 8 nitrogen and oxygen atoms in total. The minimum absolute atomic E-state index is 0.249. The van der Waals surface area contributed by atoms with E-state index in [2.05, 4.69) is 10.3 Å². The molecule has 21 heavy (non-hydrogen) atoms. The number of alkyl carbamates (subject to hydrolysis) is 1. The van der Waals surface area contributed by atoms with Crippen LogP contribution in [-0.4, -0.2) is 60.3 Å². The summed E-state index contributed by atoms with van der Waals surface area (Å²) >= 11 is 0. The minimum atomic E-state index is -1.11. The Hall–Kier alpha value is -1.99. The van der Waals surface area contributed by atoms with Crippen LogP contribution in [0.1, 0.15) is 33.6 Å². The lowest BCUT2D eigenvalue weighted by Gasteiger charge is -2.21. The van der Waals surface area contributed by atoms with Crippen molar-refractivity contribution in [3.8, 4) is 0 Å². The van der Waals surface area contributed by atoms with Gasteiger partial charge in [-0.05, 0) is 33.6 Å². The molecule has 1 amide bonds. The van der Waals surface area contributed by atoms with Gasteiger partial charge >= 0.3 is 12.1 Å². The van der Waals surface area contributed by atoms with Gasteiger partial charge in [-0.25, -0.2) is 9.59 Å². The number of carbonyl (C=O) groups is 2. The molecule has 0 aromatic carbocycles. The van der Waals surface area contributed by atoms with Gasteiger partial charge in [0.25, 0.3) is 0 Å². The number of nitrogens with zero attached hydrogens (tertiary/aromatic N) is 2. The van der Waals surface area contributed by atoms with E-state index in [-0.39, 0.29) is 6.42 Å². The highest BCUT2D eigenvalue weighted by Gasteiger charge is 2.23. The topological polar surface area (TPSA) is 117 Å². The molecule has 8 heteroatoms. The fourth-order valence-corrected chi connectivity index (χ4v) is 1.34. The molecule has 122 valence electrons. The molecule has 0 aliphatic rings. The first kappa shape index (κ1) is 19.0. The molecule has 0 aromatic rings. The Morgan fingerprint density at radius 3 is 2.38 bits per heavy atom. The normalized spacial score (nSPS) is 13.5. The second-order valence-corrected chi connectivity index (χ2v) is 5.81. The zero-order chi connectivity index (χ0) is 16.6. The zero-order valence-corrected chi connectivity index (χ0v) is 13.3. The van der Waals surface area contributed by atoms with Crippen molar-refractivity contribution in [2.45, 2.75) is 45.3 Å². The zero-order valence-electron chi connectivity index (χ0n) is 13.3. The number of hydrogen-bond acceptors (Lipinski definition) is 4. The van der Waals surface area contributed by atoms with Gasteiger partial charge in [-0.1, -0.05) is 0 Å². The molecule has 0 saturated heterocycles. The van der Waals surface area contributed by atoms with Crippen molar-refractivity contribution in [1.29, 1.82) is 0 Å². The number of carboxylic acid groups (broad SMARTS) is 1. The van der Waals surface area contributed by atoms with E-state index in [1.54, 1.807) is 39.8 Å². The molecule has 4 N–H and O–H groups in total. The molecular formula is C13H26N4O4. The smallest absolute Gasteiger partial charge is 0.408 e. The number of aliphatic imine (C=N–C) groups is 1. The van der Waals surface area contributed by atoms with Crippen molar-refractivity contribution in [2.75, 3.05) is 20.6 Å². The summed E-state index contributed by atoms with van der Waals surface area (Å²) in [4.78, 5) is 28.4. The first-order valence-corrected chi connectivity index (χ1v) is 6.72.